The summed E-state index contributed by atoms with van der Waals surface area (Å²) >= 11 is 0. The second-order valence-electron chi connectivity index (χ2n) is 7.15. The molecule has 1 heterocycles. The van der Waals surface area contributed by atoms with Crippen molar-refractivity contribution in [2.24, 2.45) is 11.3 Å². The van der Waals surface area contributed by atoms with Crippen LogP contribution < -0.4 is 0 Å². The first-order chi connectivity index (χ1) is 7.62. The summed E-state index contributed by atoms with van der Waals surface area (Å²) in [5.74, 6) is 0.677. The van der Waals surface area contributed by atoms with Crippen molar-refractivity contribution in [2.75, 3.05) is 6.54 Å². The molecule has 0 spiro atoms. The van der Waals surface area contributed by atoms with Crippen LogP contribution in [0.1, 0.15) is 60.3 Å². The molecule has 0 amide bonds. The number of hydrogen-bond acceptors (Lipinski definition) is 2. The first-order valence-corrected chi connectivity index (χ1v) is 7.37. The van der Waals surface area contributed by atoms with Crippen molar-refractivity contribution in [1.82, 2.24) is 4.67 Å². The summed E-state index contributed by atoms with van der Waals surface area (Å²) in [6.45, 7) is 11.9. The van der Waals surface area contributed by atoms with Crippen molar-refractivity contribution in [3.63, 3.8) is 0 Å². The molecular formula is C14H30NOP. The molecule has 1 N–H and O–H groups in total. The molecule has 1 saturated heterocycles. The zero-order valence-corrected chi connectivity index (χ0v) is 13.3. The van der Waals surface area contributed by atoms with Crippen molar-refractivity contribution in [3.05, 3.63) is 0 Å². The van der Waals surface area contributed by atoms with E-state index in [1.165, 1.54) is 19.3 Å². The summed E-state index contributed by atoms with van der Waals surface area (Å²) in [6, 6.07) is 0.669. The van der Waals surface area contributed by atoms with Crippen LogP contribution in [0.25, 0.3) is 0 Å². The Morgan fingerprint density at radius 3 is 2.35 bits per heavy atom. The maximum atomic E-state index is 10.1. The summed E-state index contributed by atoms with van der Waals surface area (Å²) in [5.41, 5.74) is -0.357. The van der Waals surface area contributed by atoms with Gasteiger partial charge >= 0.3 is 0 Å². The topological polar surface area (TPSA) is 23.5 Å². The van der Waals surface area contributed by atoms with Gasteiger partial charge in [0.25, 0.3) is 0 Å². The van der Waals surface area contributed by atoms with Gasteiger partial charge in [-0.1, -0.05) is 29.7 Å². The molecule has 0 saturated carbocycles. The van der Waals surface area contributed by atoms with Crippen LogP contribution in [0.15, 0.2) is 0 Å². The largest absolute Gasteiger partial charge is 0.390 e. The van der Waals surface area contributed by atoms with Gasteiger partial charge in [0, 0.05) is 12.6 Å². The average Bonchev–Trinajstić information content (AvgIpc) is 2.26. The number of nitrogens with zero attached hydrogens (tertiary/aromatic N) is 1. The highest BCUT2D eigenvalue weighted by molar-refractivity contribution is 7.13. The van der Waals surface area contributed by atoms with E-state index in [1.54, 1.807) is 0 Å². The lowest BCUT2D eigenvalue weighted by Crippen LogP contribution is -2.38. The third-order valence-electron chi connectivity index (χ3n) is 4.17. The van der Waals surface area contributed by atoms with Gasteiger partial charge in [-0.25, -0.2) is 0 Å². The Morgan fingerprint density at radius 2 is 1.82 bits per heavy atom. The van der Waals surface area contributed by atoms with Crippen LogP contribution in [0.5, 0.6) is 0 Å². The van der Waals surface area contributed by atoms with Gasteiger partial charge < -0.3 is 5.11 Å². The number of aliphatic hydroxyl groups is 1. The summed E-state index contributed by atoms with van der Waals surface area (Å²) in [4.78, 5) is 0. The molecule has 3 atom stereocenters. The van der Waals surface area contributed by atoms with Crippen LogP contribution >= 0.6 is 9.39 Å². The van der Waals surface area contributed by atoms with Crippen LogP contribution in [0.3, 0.4) is 0 Å². The summed E-state index contributed by atoms with van der Waals surface area (Å²) in [5, 5.41) is 10.1. The van der Waals surface area contributed by atoms with E-state index in [0.29, 0.717) is 12.0 Å². The van der Waals surface area contributed by atoms with Crippen molar-refractivity contribution >= 4 is 9.39 Å². The molecule has 17 heavy (non-hydrogen) atoms. The average molecular weight is 259 g/mol. The van der Waals surface area contributed by atoms with E-state index in [0.717, 1.165) is 13.0 Å². The predicted molar refractivity (Wildman–Crippen MR) is 77.9 cm³/mol. The zero-order chi connectivity index (χ0) is 13.3. The third-order valence-corrected chi connectivity index (χ3v) is 4.89. The quantitative estimate of drug-likeness (QED) is 0.785. The normalized spacial score (nSPS) is 29.1. The Morgan fingerprint density at radius 1 is 1.24 bits per heavy atom. The molecule has 1 fully saturated rings. The van der Waals surface area contributed by atoms with Gasteiger partial charge in [-0.3, -0.25) is 4.67 Å². The standard InChI is InChI=1S/C14H30NOP/c1-11-7-6-8-12(9-15(11)17)13(2,3)10-14(4,5)16/h11-12,16H,6-10,17H2,1-5H3. The fraction of sp³-hybridized carbons (Fsp3) is 1.00. The maximum Gasteiger partial charge on any atom is 0.0597 e. The van der Waals surface area contributed by atoms with Gasteiger partial charge in [0.05, 0.1) is 5.60 Å². The van der Waals surface area contributed by atoms with Crippen LogP contribution in [-0.4, -0.2) is 28.0 Å². The van der Waals surface area contributed by atoms with Crippen LogP contribution in [0, 0.1) is 11.3 Å². The van der Waals surface area contributed by atoms with Crippen LogP contribution in [0.2, 0.25) is 0 Å². The summed E-state index contributed by atoms with van der Waals surface area (Å²) < 4.78 is 2.41. The van der Waals surface area contributed by atoms with Crippen molar-refractivity contribution in [2.45, 2.75) is 71.9 Å². The fourth-order valence-electron chi connectivity index (χ4n) is 3.25. The Kier molecular flexibility index (Phi) is 5.03. The molecule has 2 nitrogen and oxygen atoms in total. The Bertz CT molecular complexity index is 247. The number of rotatable bonds is 3. The zero-order valence-electron chi connectivity index (χ0n) is 12.2. The van der Waals surface area contributed by atoms with Crippen molar-refractivity contribution in [1.29, 1.82) is 0 Å². The van der Waals surface area contributed by atoms with Crippen molar-refractivity contribution < 1.29 is 5.11 Å². The maximum absolute atomic E-state index is 10.1. The third kappa shape index (κ3) is 4.85. The first-order valence-electron chi connectivity index (χ1n) is 6.85. The van der Waals surface area contributed by atoms with Gasteiger partial charge in [0.15, 0.2) is 0 Å². The minimum Gasteiger partial charge on any atom is -0.390 e. The lowest BCUT2D eigenvalue weighted by Gasteiger charge is -2.39. The monoisotopic (exact) mass is 259 g/mol. The minimum atomic E-state index is -0.562. The molecule has 1 aliphatic heterocycles. The Hall–Kier alpha value is 0.350. The molecule has 0 aromatic rings. The van der Waals surface area contributed by atoms with E-state index in [9.17, 15) is 5.11 Å². The molecule has 0 bridgehead atoms. The van der Waals surface area contributed by atoms with Crippen LogP contribution in [-0.2, 0) is 0 Å². The minimum absolute atomic E-state index is 0.205. The molecule has 0 aromatic carbocycles. The van der Waals surface area contributed by atoms with E-state index in [-0.39, 0.29) is 5.41 Å². The fourth-order valence-corrected chi connectivity index (χ4v) is 3.65. The van der Waals surface area contributed by atoms with Gasteiger partial charge in [-0.05, 0) is 51.4 Å². The smallest absolute Gasteiger partial charge is 0.0597 e. The molecule has 0 radical (unpaired) electrons. The van der Waals surface area contributed by atoms with Crippen molar-refractivity contribution in [3.8, 4) is 0 Å². The summed E-state index contributed by atoms with van der Waals surface area (Å²) in [7, 11) is 2.88. The summed E-state index contributed by atoms with van der Waals surface area (Å²) in [6.07, 6.45) is 4.76. The molecule has 1 rings (SSSR count). The highest BCUT2D eigenvalue weighted by Gasteiger charge is 2.36. The Labute approximate surface area is 109 Å². The van der Waals surface area contributed by atoms with Gasteiger partial charge in [0.1, 0.15) is 0 Å². The van der Waals surface area contributed by atoms with Gasteiger partial charge in [-0.15, -0.1) is 0 Å². The van der Waals surface area contributed by atoms with E-state index in [2.05, 4.69) is 34.8 Å². The van der Waals surface area contributed by atoms with E-state index in [1.807, 2.05) is 13.8 Å². The van der Waals surface area contributed by atoms with E-state index in [4.69, 9.17) is 0 Å². The first kappa shape index (κ1) is 15.4. The molecule has 3 heteroatoms. The molecule has 0 aromatic heterocycles. The lowest BCUT2D eigenvalue weighted by atomic mass is 9.70. The molecular weight excluding hydrogens is 229 g/mol. The van der Waals surface area contributed by atoms with Crippen LogP contribution in [0.4, 0.5) is 0 Å². The lowest BCUT2D eigenvalue weighted by molar-refractivity contribution is 0.00728. The van der Waals surface area contributed by atoms with E-state index < -0.39 is 5.60 Å². The van der Waals surface area contributed by atoms with E-state index >= 15 is 0 Å². The second kappa shape index (κ2) is 5.55. The van der Waals surface area contributed by atoms with Gasteiger partial charge in [-0.2, -0.15) is 0 Å². The molecule has 1 aliphatic rings. The molecule has 3 unspecified atom stereocenters. The number of hydrogen-bond donors (Lipinski definition) is 1. The van der Waals surface area contributed by atoms with Gasteiger partial charge in [0.2, 0.25) is 0 Å². The molecule has 102 valence electrons. The Balaban J connectivity index is 2.70. The SMILES string of the molecule is CC1CCCC(C(C)(C)CC(C)(C)O)CN1P. The second-order valence-corrected chi connectivity index (χ2v) is 7.81. The predicted octanol–water partition coefficient (Wildman–Crippen LogP) is 3.45. The highest BCUT2D eigenvalue weighted by Crippen LogP contribution is 2.41. The highest BCUT2D eigenvalue weighted by atomic mass is 31.0. The molecule has 0 aliphatic carbocycles.